The van der Waals surface area contributed by atoms with E-state index >= 15 is 0 Å². The fourth-order valence-corrected chi connectivity index (χ4v) is 4.48. The van der Waals surface area contributed by atoms with Crippen molar-refractivity contribution in [3.8, 4) is 11.1 Å². The third kappa shape index (κ3) is 3.70. The van der Waals surface area contributed by atoms with Gasteiger partial charge in [-0.3, -0.25) is 0 Å². The topological polar surface area (TPSA) is 3.24 Å². The van der Waals surface area contributed by atoms with Crippen LogP contribution in [0, 0.1) is 0 Å². The van der Waals surface area contributed by atoms with E-state index in [0.29, 0.717) is 0 Å². The molecule has 0 N–H and O–H groups in total. The van der Waals surface area contributed by atoms with Crippen LogP contribution in [0.2, 0.25) is 0 Å². The molecule has 1 aliphatic rings. The minimum absolute atomic E-state index is 0.0604. The summed E-state index contributed by atoms with van der Waals surface area (Å²) in [6.07, 6.45) is 8.47. The summed E-state index contributed by atoms with van der Waals surface area (Å²) >= 11 is 0. The van der Waals surface area contributed by atoms with E-state index in [0.717, 1.165) is 5.70 Å². The minimum Gasteiger partial charge on any atom is -0.376 e. The zero-order valence-electron chi connectivity index (χ0n) is 18.5. The van der Waals surface area contributed by atoms with Gasteiger partial charge in [-0.15, -0.1) is 0 Å². The van der Waals surface area contributed by atoms with Crippen molar-refractivity contribution >= 4 is 23.5 Å². The van der Waals surface area contributed by atoms with Crippen molar-refractivity contribution in [3.63, 3.8) is 0 Å². The zero-order valence-corrected chi connectivity index (χ0v) is 18.5. The quantitative estimate of drug-likeness (QED) is 0.360. The number of anilines is 1. The van der Waals surface area contributed by atoms with Crippen LogP contribution in [0.4, 0.5) is 5.69 Å². The van der Waals surface area contributed by atoms with E-state index in [-0.39, 0.29) is 6.85 Å². The fraction of sp³-hybridized carbons (Fsp3) is 0.103. The second-order valence-corrected chi connectivity index (χ2v) is 7.76. The molecule has 0 saturated heterocycles. The normalized spacial score (nSPS) is 14.2. The van der Waals surface area contributed by atoms with Gasteiger partial charge in [0.05, 0.1) is 0 Å². The molecule has 1 heterocycles. The first-order valence-electron chi connectivity index (χ1n) is 10.9. The van der Waals surface area contributed by atoms with Crippen LogP contribution in [0.15, 0.2) is 127 Å². The summed E-state index contributed by atoms with van der Waals surface area (Å²) in [5, 5.41) is 0. The molecule has 0 atom stereocenters. The van der Waals surface area contributed by atoms with Crippen LogP contribution < -0.4 is 15.7 Å². The molecule has 0 spiro atoms. The van der Waals surface area contributed by atoms with E-state index in [4.69, 9.17) is 0 Å². The molecular weight excluding hydrogens is 373 g/mol. The third-order valence-electron chi connectivity index (χ3n) is 6.00. The number of fused-ring (bicyclic) bond motifs is 3. The van der Waals surface area contributed by atoms with Crippen LogP contribution >= 0.6 is 0 Å². The standard InChI is InChI=1S/C29H28BN/c1-5-15-24(22(4)6-2)28(7-3)31-29-21-14-12-19-26(29)25-18-11-13-20-27(25)30(31)23-16-9-8-10-17-23/h5-21H,3H2,1-2,4H3/b15-5-,22-6+,28-24-. The number of rotatable bonds is 5. The molecule has 152 valence electrons. The van der Waals surface area contributed by atoms with Gasteiger partial charge in [-0.25, -0.2) is 0 Å². The first-order valence-corrected chi connectivity index (χ1v) is 10.9. The molecule has 0 fully saturated rings. The van der Waals surface area contributed by atoms with E-state index < -0.39 is 0 Å². The first-order chi connectivity index (χ1) is 15.2. The highest BCUT2D eigenvalue weighted by Gasteiger charge is 2.37. The minimum atomic E-state index is 0.0604. The molecule has 0 bridgehead atoms. The third-order valence-corrected chi connectivity index (χ3v) is 6.00. The fourth-order valence-electron chi connectivity index (χ4n) is 4.48. The molecule has 1 nitrogen and oxygen atoms in total. The van der Waals surface area contributed by atoms with Gasteiger partial charge in [-0.1, -0.05) is 103 Å². The Kier molecular flexibility index (Phi) is 6.09. The van der Waals surface area contributed by atoms with E-state index in [2.05, 4.69) is 129 Å². The van der Waals surface area contributed by atoms with Crippen LogP contribution in [0.1, 0.15) is 20.8 Å². The summed E-state index contributed by atoms with van der Waals surface area (Å²) < 4.78 is 0. The number of para-hydroxylation sites is 1. The Morgan fingerprint density at radius 1 is 0.839 bits per heavy atom. The lowest BCUT2D eigenvalue weighted by Crippen LogP contribution is -2.58. The van der Waals surface area contributed by atoms with Crippen LogP contribution in [0.5, 0.6) is 0 Å². The van der Waals surface area contributed by atoms with Gasteiger partial charge in [0.15, 0.2) is 0 Å². The Hall–Kier alpha value is -3.52. The maximum Gasteiger partial charge on any atom is 0.328 e. The SMILES string of the molecule is C=C/C(=C(\C=C/C)C(/C)=C/C)N1B(c2ccccc2)c2ccccc2-c2ccccc21. The number of benzene rings is 3. The zero-order chi connectivity index (χ0) is 21.8. The molecule has 0 aliphatic carbocycles. The predicted molar refractivity (Wildman–Crippen MR) is 137 cm³/mol. The summed E-state index contributed by atoms with van der Waals surface area (Å²) in [5.74, 6) is 0. The molecule has 1 aliphatic heterocycles. The predicted octanol–water partition coefficient (Wildman–Crippen LogP) is 6.26. The summed E-state index contributed by atoms with van der Waals surface area (Å²) in [5.41, 5.74) is 9.86. The second-order valence-electron chi connectivity index (χ2n) is 7.76. The highest BCUT2D eigenvalue weighted by molar-refractivity contribution is 6.90. The molecule has 3 aromatic carbocycles. The average molecular weight is 401 g/mol. The summed E-state index contributed by atoms with van der Waals surface area (Å²) in [7, 11) is 0. The van der Waals surface area contributed by atoms with Gasteiger partial charge < -0.3 is 4.81 Å². The molecular formula is C29H28BN. The summed E-state index contributed by atoms with van der Waals surface area (Å²) in [6, 6.07) is 28.2. The van der Waals surface area contributed by atoms with E-state index in [9.17, 15) is 0 Å². The molecule has 0 radical (unpaired) electrons. The number of hydrogen-bond donors (Lipinski definition) is 0. The van der Waals surface area contributed by atoms with Crippen LogP contribution in [-0.4, -0.2) is 6.85 Å². The van der Waals surface area contributed by atoms with Gasteiger partial charge in [0.25, 0.3) is 0 Å². The van der Waals surface area contributed by atoms with E-state index in [1.54, 1.807) is 0 Å². The smallest absolute Gasteiger partial charge is 0.328 e. The molecule has 0 unspecified atom stereocenters. The van der Waals surface area contributed by atoms with Crippen molar-refractivity contribution in [2.45, 2.75) is 20.8 Å². The van der Waals surface area contributed by atoms with Crippen molar-refractivity contribution in [2.24, 2.45) is 0 Å². The maximum atomic E-state index is 4.25. The van der Waals surface area contributed by atoms with Crippen molar-refractivity contribution in [2.75, 3.05) is 4.81 Å². The average Bonchev–Trinajstić information content (AvgIpc) is 2.83. The highest BCUT2D eigenvalue weighted by Crippen LogP contribution is 2.38. The summed E-state index contributed by atoms with van der Waals surface area (Å²) in [4.78, 5) is 2.46. The molecule has 4 rings (SSSR count). The first kappa shape index (κ1) is 20.7. The lowest BCUT2D eigenvalue weighted by Gasteiger charge is -2.40. The van der Waals surface area contributed by atoms with Crippen molar-refractivity contribution in [1.29, 1.82) is 0 Å². The molecule has 0 amide bonds. The van der Waals surface area contributed by atoms with Crippen LogP contribution in [0.3, 0.4) is 0 Å². The van der Waals surface area contributed by atoms with Gasteiger partial charge in [-0.2, -0.15) is 0 Å². The Labute approximate surface area is 186 Å². The molecule has 3 aromatic rings. The Balaban J connectivity index is 2.10. The van der Waals surface area contributed by atoms with E-state index in [1.807, 2.05) is 6.08 Å². The van der Waals surface area contributed by atoms with Crippen LogP contribution in [0.25, 0.3) is 11.1 Å². The second kappa shape index (κ2) is 9.10. The Morgan fingerprint density at radius 3 is 2.16 bits per heavy atom. The van der Waals surface area contributed by atoms with Gasteiger partial charge >= 0.3 is 6.85 Å². The van der Waals surface area contributed by atoms with Gasteiger partial charge in [-0.05, 0) is 55.1 Å². The lowest BCUT2D eigenvalue weighted by atomic mass is 9.45. The maximum absolute atomic E-state index is 4.25. The molecule has 0 saturated carbocycles. The van der Waals surface area contributed by atoms with Gasteiger partial charge in [0.1, 0.15) is 0 Å². The number of allylic oxidation sites excluding steroid dienone is 6. The van der Waals surface area contributed by atoms with Crippen molar-refractivity contribution in [1.82, 2.24) is 0 Å². The highest BCUT2D eigenvalue weighted by atomic mass is 15.1. The molecule has 0 aromatic heterocycles. The Bertz CT molecular complexity index is 1180. The van der Waals surface area contributed by atoms with Crippen molar-refractivity contribution in [3.05, 3.63) is 127 Å². The monoisotopic (exact) mass is 401 g/mol. The number of nitrogens with zero attached hydrogens (tertiary/aromatic N) is 1. The van der Waals surface area contributed by atoms with Crippen LogP contribution in [-0.2, 0) is 0 Å². The van der Waals surface area contributed by atoms with Gasteiger partial charge in [0, 0.05) is 16.9 Å². The molecule has 2 heteroatoms. The van der Waals surface area contributed by atoms with E-state index in [1.165, 1.54) is 38.9 Å². The van der Waals surface area contributed by atoms with Gasteiger partial charge in [0.2, 0.25) is 0 Å². The largest absolute Gasteiger partial charge is 0.376 e. The van der Waals surface area contributed by atoms with Crippen molar-refractivity contribution < 1.29 is 0 Å². The summed E-state index contributed by atoms with van der Waals surface area (Å²) in [6.45, 7) is 10.6. The number of hydrogen-bond acceptors (Lipinski definition) is 1. The Morgan fingerprint density at radius 2 is 1.48 bits per heavy atom. The molecule has 31 heavy (non-hydrogen) atoms. The lowest BCUT2D eigenvalue weighted by molar-refractivity contribution is 1.23.